The lowest BCUT2D eigenvalue weighted by Gasteiger charge is -2.30. The summed E-state index contributed by atoms with van der Waals surface area (Å²) in [6.07, 6.45) is 0.457. The molecule has 17 nitrogen and oxygen atoms in total. The van der Waals surface area contributed by atoms with Gasteiger partial charge >= 0.3 is 17.1 Å². The van der Waals surface area contributed by atoms with Crippen LogP contribution >= 0.6 is 0 Å². The second-order valence-corrected chi connectivity index (χ2v) is 17.8. The number of hydrogen-bond donors (Lipinski definition) is 0. The Morgan fingerprint density at radius 3 is 0.716 bits per heavy atom. The van der Waals surface area contributed by atoms with Crippen molar-refractivity contribution in [3.8, 4) is 23.0 Å². The monoisotopic (exact) mass is 919 g/mol. The van der Waals surface area contributed by atoms with Crippen molar-refractivity contribution in [2.75, 3.05) is 72.7 Å². The number of hydrogen-bond acceptors (Lipinski definition) is 14. The van der Waals surface area contributed by atoms with Crippen molar-refractivity contribution in [3.05, 3.63) is 151 Å². The Morgan fingerprint density at radius 2 is 0.537 bits per heavy atom. The predicted molar refractivity (Wildman–Crippen MR) is 239 cm³/mol. The Balaban J connectivity index is 0.000000195. The maximum absolute atomic E-state index is 12.4. The van der Waals surface area contributed by atoms with Gasteiger partial charge in [-0.25, -0.2) is 28.1 Å². The highest BCUT2D eigenvalue weighted by molar-refractivity contribution is 5.48. The van der Waals surface area contributed by atoms with Gasteiger partial charge in [0.1, 0.15) is 73.8 Å². The number of nitrogens with zero attached hydrogens (tertiary/aromatic N) is 3. The molecule has 8 heterocycles. The number of rotatable bonds is 23. The Hall–Kier alpha value is -5.79. The molecule has 4 aromatic carbocycles. The molecule has 0 bridgehead atoms. The average molecular weight is 920 g/mol. The number of benzene rings is 4. The zero-order chi connectivity index (χ0) is 45.3. The summed E-state index contributed by atoms with van der Waals surface area (Å²) in [4.78, 5) is 37.1. The van der Waals surface area contributed by atoms with Crippen LogP contribution in [-0.2, 0) is 52.8 Å². The third kappa shape index (κ3) is 11.9. The lowest BCUT2D eigenvalue weighted by Crippen LogP contribution is -2.55. The summed E-state index contributed by atoms with van der Waals surface area (Å²) in [5.41, 5.74) is 2.93. The minimum absolute atomic E-state index is 0.0140. The molecule has 0 amide bonds. The van der Waals surface area contributed by atoms with Crippen molar-refractivity contribution in [1.82, 2.24) is 13.7 Å². The van der Waals surface area contributed by atoms with Crippen LogP contribution in [0, 0.1) is 0 Å². The van der Waals surface area contributed by atoms with Crippen LogP contribution in [0.15, 0.2) is 111 Å². The summed E-state index contributed by atoms with van der Waals surface area (Å²) in [5.74, 6) is 3.32. The normalized spacial score (nSPS) is 25.4. The van der Waals surface area contributed by atoms with E-state index >= 15 is 0 Å². The van der Waals surface area contributed by atoms with Gasteiger partial charge in [0.2, 0.25) is 0 Å². The van der Waals surface area contributed by atoms with Gasteiger partial charge < -0.3 is 52.1 Å². The molecule has 5 aromatic rings. The molecule has 0 spiro atoms. The van der Waals surface area contributed by atoms with E-state index in [4.69, 9.17) is 52.1 Å². The van der Waals surface area contributed by atoms with Gasteiger partial charge in [0, 0.05) is 11.8 Å². The minimum atomic E-state index is -0.594. The van der Waals surface area contributed by atoms with Crippen molar-refractivity contribution >= 4 is 0 Å². The first kappa shape index (κ1) is 43.8. The fraction of sp³-hybridized carbons (Fsp3) is 0.460. The SMILES string of the molecule is O=c1n(CC2CO2)c(=O)n(CC2CO2)c(=O)n1CC1CO1.c1cc(C(c2ccc(OCC3CO3)cc2)C(c2ccc(OCC3CO3)cc2)c2ccc(OCC3CO3)cc2)ccc1OCC1CO1. The van der Waals surface area contributed by atoms with Crippen LogP contribution in [-0.4, -0.2) is 129 Å². The molecule has 17 heteroatoms. The van der Waals surface area contributed by atoms with Gasteiger partial charge in [-0.15, -0.1) is 0 Å². The van der Waals surface area contributed by atoms with Gasteiger partial charge in [0.05, 0.1) is 84.2 Å². The lowest BCUT2D eigenvalue weighted by molar-refractivity contribution is 0.263. The van der Waals surface area contributed by atoms with Gasteiger partial charge in [-0.05, 0) is 70.8 Å². The molecule has 352 valence electrons. The second-order valence-electron chi connectivity index (χ2n) is 17.8. The van der Waals surface area contributed by atoms with Gasteiger partial charge in [-0.1, -0.05) is 48.5 Å². The van der Waals surface area contributed by atoms with Crippen molar-refractivity contribution in [2.24, 2.45) is 0 Å². The molecule has 7 saturated heterocycles. The van der Waals surface area contributed by atoms with Crippen LogP contribution in [0.4, 0.5) is 0 Å². The fourth-order valence-electron chi connectivity index (χ4n) is 7.94. The number of ether oxygens (including phenoxy) is 11. The van der Waals surface area contributed by atoms with E-state index in [1.54, 1.807) is 0 Å². The molecule has 0 radical (unpaired) electrons. The fourth-order valence-corrected chi connectivity index (χ4v) is 7.94. The van der Waals surface area contributed by atoms with Crippen LogP contribution in [0.5, 0.6) is 23.0 Å². The largest absolute Gasteiger partial charge is 0.491 e. The van der Waals surface area contributed by atoms with E-state index in [1.165, 1.54) is 22.3 Å². The van der Waals surface area contributed by atoms with Gasteiger partial charge in [-0.2, -0.15) is 0 Å². The highest BCUT2D eigenvalue weighted by atomic mass is 16.6. The molecule has 12 rings (SSSR count). The summed E-state index contributed by atoms with van der Waals surface area (Å²) in [6, 6.07) is 33.9. The average Bonchev–Trinajstić information content (AvgIpc) is 4.15. The van der Waals surface area contributed by atoms with Crippen molar-refractivity contribution < 1.29 is 52.1 Å². The summed E-state index contributed by atoms with van der Waals surface area (Å²) < 4.78 is 63.7. The third-order valence-corrected chi connectivity index (χ3v) is 12.4. The molecule has 7 atom stereocenters. The topological polar surface area (TPSA) is 191 Å². The summed E-state index contributed by atoms with van der Waals surface area (Å²) in [7, 11) is 0. The van der Waals surface area contributed by atoms with E-state index in [2.05, 4.69) is 97.1 Å². The third-order valence-electron chi connectivity index (χ3n) is 12.4. The molecule has 67 heavy (non-hydrogen) atoms. The first-order chi connectivity index (χ1) is 32.9. The second kappa shape index (κ2) is 19.4. The summed E-state index contributed by atoms with van der Waals surface area (Å²) in [5, 5.41) is 0. The van der Waals surface area contributed by atoms with Gasteiger partial charge in [0.15, 0.2) is 0 Å². The minimum Gasteiger partial charge on any atom is -0.491 e. The molecule has 0 saturated carbocycles. The summed E-state index contributed by atoms with van der Waals surface area (Å²) in [6.45, 7) is 7.48. The molecule has 7 aliphatic rings. The van der Waals surface area contributed by atoms with E-state index in [-0.39, 0.29) is 74.2 Å². The predicted octanol–water partition coefficient (Wildman–Crippen LogP) is 3.13. The van der Waals surface area contributed by atoms with Crippen LogP contribution in [0.25, 0.3) is 0 Å². The van der Waals surface area contributed by atoms with Crippen LogP contribution in [0.2, 0.25) is 0 Å². The van der Waals surface area contributed by atoms with Crippen LogP contribution < -0.4 is 36.0 Å². The first-order valence-electron chi connectivity index (χ1n) is 23.0. The molecule has 7 aliphatic heterocycles. The van der Waals surface area contributed by atoms with Crippen LogP contribution in [0.1, 0.15) is 34.1 Å². The zero-order valence-electron chi connectivity index (χ0n) is 36.9. The Kier molecular flexibility index (Phi) is 12.7. The quantitative estimate of drug-likeness (QED) is 0.0869. The maximum atomic E-state index is 12.4. The maximum Gasteiger partial charge on any atom is 0.336 e. The molecular formula is C50H53N3O14. The summed E-state index contributed by atoms with van der Waals surface area (Å²) >= 11 is 0. The van der Waals surface area contributed by atoms with Crippen molar-refractivity contribution in [2.45, 2.75) is 74.2 Å². The molecule has 1 aromatic heterocycles. The van der Waals surface area contributed by atoms with Crippen molar-refractivity contribution in [3.63, 3.8) is 0 Å². The lowest BCUT2D eigenvalue weighted by atomic mass is 9.73. The molecule has 0 aliphatic carbocycles. The van der Waals surface area contributed by atoms with E-state index in [0.717, 1.165) is 63.1 Å². The first-order valence-corrected chi connectivity index (χ1v) is 23.0. The number of aromatic nitrogens is 3. The van der Waals surface area contributed by atoms with Gasteiger partial charge in [-0.3, -0.25) is 0 Å². The van der Waals surface area contributed by atoms with E-state index in [1.807, 2.05) is 0 Å². The van der Waals surface area contributed by atoms with E-state index in [0.29, 0.717) is 46.2 Å². The Labute approximate surface area is 385 Å². The molecule has 7 fully saturated rings. The smallest absolute Gasteiger partial charge is 0.336 e. The van der Waals surface area contributed by atoms with E-state index in [9.17, 15) is 14.4 Å². The molecule has 0 N–H and O–H groups in total. The van der Waals surface area contributed by atoms with Crippen LogP contribution in [0.3, 0.4) is 0 Å². The zero-order valence-corrected chi connectivity index (χ0v) is 36.9. The Morgan fingerprint density at radius 1 is 0.343 bits per heavy atom. The number of epoxide rings is 7. The van der Waals surface area contributed by atoms with Crippen molar-refractivity contribution in [1.29, 1.82) is 0 Å². The molecular weight excluding hydrogens is 867 g/mol. The molecule has 7 unspecified atom stereocenters. The Bertz CT molecular complexity index is 2270. The van der Waals surface area contributed by atoms with E-state index < -0.39 is 17.1 Å². The van der Waals surface area contributed by atoms with Gasteiger partial charge in [0.25, 0.3) is 0 Å². The highest BCUT2D eigenvalue weighted by Gasteiger charge is 2.33. The highest BCUT2D eigenvalue weighted by Crippen LogP contribution is 2.44. The standard InChI is InChI=1S/C38H38O8.C12H15N3O6/c1-9-29(39-17-33-21-43-33)10-2-25(1)37(26-3-11-30(12-4-26)40-18-34-22-44-34)38(27-5-13-31(14-6-27)41-19-35-23-45-35)28-7-15-32(16-8-28)42-20-36-24-46-36;16-10-13(1-7-4-19-7)11(17)15(3-9-6-21-9)12(18)14(10)2-8-5-20-8/h1-16,33-38H,17-24H2;7-9H,1-6H2.